The molecule has 0 aliphatic heterocycles. The number of carbonyl (C=O) groups is 2. The second kappa shape index (κ2) is 7.82. The van der Waals surface area contributed by atoms with E-state index in [2.05, 4.69) is 55.4 Å². The molecule has 0 radical (unpaired) electrons. The minimum Gasteiger partial charge on any atom is -0.462 e. The van der Waals surface area contributed by atoms with Gasteiger partial charge >= 0.3 is 5.97 Å². The zero-order valence-corrected chi connectivity index (χ0v) is 24.5. The third kappa shape index (κ3) is 3.34. The summed E-state index contributed by atoms with van der Waals surface area (Å²) >= 11 is 0. The number of ether oxygens (including phenoxy) is 1. The predicted molar refractivity (Wildman–Crippen MR) is 142 cm³/mol. The number of Topliss-reactive ketones (excluding diaryl/α,β-unsaturated/α-hetero) is 1. The number of ketones is 1. The summed E-state index contributed by atoms with van der Waals surface area (Å²) in [5.74, 6) is 1.33. The maximum Gasteiger partial charge on any atom is 0.302 e. The SMILES string of the molecule is CC(=O)O[C@H]1CC[C@]2(C)[C@H]3CC(=O)[C@@H]4[C@@H]5CC(C)(C)CC[C@]5(C)[C@@H](O)C[C@@]4(C)[C@]3(C)CC[C@H]2C1(C)C. The minimum absolute atomic E-state index is 0.0189. The van der Waals surface area contributed by atoms with E-state index in [1.165, 1.54) is 6.92 Å². The fourth-order valence-electron chi connectivity index (χ4n) is 11.4. The van der Waals surface area contributed by atoms with Crippen molar-refractivity contribution >= 4 is 11.8 Å². The highest BCUT2D eigenvalue weighted by Crippen LogP contribution is 2.76. The second-order valence-electron chi connectivity index (χ2n) is 16.3. The summed E-state index contributed by atoms with van der Waals surface area (Å²) in [5, 5.41) is 11.8. The smallest absolute Gasteiger partial charge is 0.302 e. The predicted octanol–water partition coefficient (Wildman–Crippen LogP) is 6.97. The first kappa shape index (κ1) is 26.7. The van der Waals surface area contributed by atoms with Gasteiger partial charge in [-0.15, -0.1) is 0 Å². The number of esters is 1. The van der Waals surface area contributed by atoms with Crippen LogP contribution in [0.4, 0.5) is 0 Å². The summed E-state index contributed by atoms with van der Waals surface area (Å²) in [6.07, 6.45) is 8.32. The Hall–Kier alpha value is -0.900. The molecule has 36 heavy (non-hydrogen) atoms. The molecule has 0 spiro atoms. The average Bonchev–Trinajstić information content (AvgIpc) is 2.74. The normalized spacial score (nSPS) is 53.3. The van der Waals surface area contributed by atoms with Crippen LogP contribution in [0.3, 0.4) is 0 Å². The van der Waals surface area contributed by atoms with E-state index in [9.17, 15) is 14.7 Å². The van der Waals surface area contributed by atoms with E-state index < -0.39 is 0 Å². The maximum atomic E-state index is 14.4. The monoisotopic (exact) mass is 500 g/mol. The Balaban J connectivity index is 1.55. The lowest BCUT2D eigenvalue weighted by Gasteiger charge is -2.73. The van der Waals surface area contributed by atoms with Crippen molar-refractivity contribution < 1.29 is 19.4 Å². The Bertz CT molecular complexity index is 952. The van der Waals surface area contributed by atoms with Gasteiger partial charge in [0.25, 0.3) is 0 Å². The second-order valence-corrected chi connectivity index (χ2v) is 16.3. The van der Waals surface area contributed by atoms with Gasteiger partial charge in [0, 0.05) is 24.7 Å². The van der Waals surface area contributed by atoms with Crippen LogP contribution in [-0.2, 0) is 14.3 Å². The Kier molecular flexibility index (Phi) is 5.80. The van der Waals surface area contributed by atoms with Crippen LogP contribution in [0.2, 0.25) is 0 Å². The third-order valence-corrected chi connectivity index (χ3v) is 13.8. The van der Waals surface area contributed by atoms with Crippen molar-refractivity contribution in [1.82, 2.24) is 0 Å². The molecular weight excluding hydrogens is 448 g/mol. The largest absolute Gasteiger partial charge is 0.462 e. The Labute approximate surface area is 219 Å². The molecule has 5 aliphatic rings. The first-order valence-corrected chi connectivity index (χ1v) is 14.8. The molecule has 5 saturated carbocycles. The Morgan fingerprint density at radius 1 is 0.833 bits per heavy atom. The lowest BCUT2D eigenvalue weighted by molar-refractivity contribution is -0.261. The van der Waals surface area contributed by atoms with Crippen LogP contribution < -0.4 is 0 Å². The highest BCUT2D eigenvalue weighted by Gasteiger charge is 2.73. The average molecular weight is 501 g/mol. The lowest BCUT2D eigenvalue weighted by atomic mass is 9.31. The van der Waals surface area contributed by atoms with Gasteiger partial charge in [-0.25, -0.2) is 0 Å². The van der Waals surface area contributed by atoms with E-state index >= 15 is 0 Å². The molecule has 1 N–H and O–H groups in total. The van der Waals surface area contributed by atoms with Crippen molar-refractivity contribution in [2.24, 2.45) is 56.2 Å². The quantitative estimate of drug-likeness (QED) is 0.395. The molecule has 5 fully saturated rings. The molecule has 5 rings (SSSR count). The summed E-state index contributed by atoms with van der Waals surface area (Å²) < 4.78 is 5.85. The van der Waals surface area contributed by atoms with Gasteiger partial charge in [-0.05, 0) is 96.2 Å². The number of hydrogen-bond acceptors (Lipinski definition) is 4. The van der Waals surface area contributed by atoms with E-state index in [1.807, 2.05) is 0 Å². The van der Waals surface area contributed by atoms with Crippen LogP contribution in [-0.4, -0.2) is 29.1 Å². The molecule has 4 heteroatoms. The standard InChI is InChI=1S/C32H52O4/c1-19(33)36-25-11-12-30(7)22(28(25,4)5)10-13-31(8)23(30)16-21(34)26-20-17-27(2,3)14-15-29(20,6)24(35)18-32(26,31)9/h20,22-26,35H,10-18H2,1-9H3/t20-,22-,23+,24-,25-,26-,29-,30-,31+,32+/m0/s1. The molecule has 0 aromatic heterocycles. The van der Waals surface area contributed by atoms with Gasteiger partial charge in [0.2, 0.25) is 0 Å². The first-order chi connectivity index (χ1) is 16.4. The van der Waals surface area contributed by atoms with E-state index in [0.29, 0.717) is 24.0 Å². The molecule has 204 valence electrons. The summed E-state index contributed by atoms with van der Waals surface area (Å²) in [6.45, 7) is 20.5. The topological polar surface area (TPSA) is 63.6 Å². The zero-order chi connectivity index (χ0) is 26.7. The summed E-state index contributed by atoms with van der Waals surface area (Å²) in [5.41, 5.74) is -0.167. The van der Waals surface area contributed by atoms with Crippen LogP contribution in [0.15, 0.2) is 0 Å². The Morgan fingerprint density at radius 2 is 1.50 bits per heavy atom. The molecule has 0 aromatic carbocycles. The van der Waals surface area contributed by atoms with Crippen molar-refractivity contribution in [3.05, 3.63) is 0 Å². The molecule has 4 nitrogen and oxygen atoms in total. The van der Waals surface area contributed by atoms with Gasteiger partial charge < -0.3 is 9.84 Å². The Morgan fingerprint density at radius 3 is 2.14 bits per heavy atom. The van der Waals surface area contributed by atoms with Gasteiger partial charge in [0.05, 0.1) is 6.10 Å². The van der Waals surface area contributed by atoms with Gasteiger partial charge in [-0.3, -0.25) is 9.59 Å². The summed E-state index contributed by atoms with van der Waals surface area (Å²) in [4.78, 5) is 26.3. The molecule has 0 amide bonds. The van der Waals surface area contributed by atoms with Crippen molar-refractivity contribution in [3.63, 3.8) is 0 Å². The number of rotatable bonds is 1. The van der Waals surface area contributed by atoms with E-state index in [4.69, 9.17) is 4.74 Å². The molecular formula is C32H52O4. The van der Waals surface area contributed by atoms with Crippen LogP contribution in [0.1, 0.15) is 120 Å². The van der Waals surface area contributed by atoms with Crippen molar-refractivity contribution in [3.8, 4) is 0 Å². The highest BCUT2D eigenvalue weighted by atomic mass is 16.5. The van der Waals surface area contributed by atoms with E-state index in [-0.39, 0.29) is 62.5 Å². The molecule has 5 aliphatic carbocycles. The van der Waals surface area contributed by atoms with Crippen LogP contribution in [0, 0.1) is 56.2 Å². The first-order valence-electron chi connectivity index (χ1n) is 14.8. The minimum atomic E-state index is -0.343. The van der Waals surface area contributed by atoms with Gasteiger partial charge in [0.15, 0.2) is 0 Å². The van der Waals surface area contributed by atoms with Crippen molar-refractivity contribution in [2.45, 2.75) is 132 Å². The fourth-order valence-corrected chi connectivity index (χ4v) is 11.4. The van der Waals surface area contributed by atoms with Gasteiger partial charge in [0.1, 0.15) is 11.9 Å². The number of carbonyl (C=O) groups excluding carboxylic acids is 2. The highest BCUT2D eigenvalue weighted by molar-refractivity contribution is 5.84. The molecule has 10 atom stereocenters. The van der Waals surface area contributed by atoms with Crippen LogP contribution >= 0.6 is 0 Å². The van der Waals surface area contributed by atoms with Gasteiger partial charge in [-0.1, -0.05) is 55.4 Å². The van der Waals surface area contributed by atoms with E-state index in [1.54, 1.807) is 0 Å². The lowest BCUT2D eigenvalue weighted by Crippen LogP contribution is -2.71. The maximum absolute atomic E-state index is 14.4. The summed E-state index contributed by atoms with van der Waals surface area (Å²) in [7, 11) is 0. The van der Waals surface area contributed by atoms with Crippen LogP contribution in [0.25, 0.3) is 0 Å². The molecule has 0 unspecified atom stereocenters. The number of hydrogen-bond donors (Lipinski definition) is 1. The molecule has 0 aromatic rings. The third-order valence-electron chi connectivity index (χ3n) is 13.8. The van der Waals surface area contributed by atoms with Crippen LogP contribution in [0.5, 0.6) is 0 Å². The van der Waals surface area contributed by atoms with E-state index in [0.717, 1.165) is 51.4 Å². The van der Waals surface area contributed by atoms with Crippen molar-refractivity contribution in [2.75, 3.05) is 0 Å². The zero-order valence-electron chi connectivity index (χ0n) is 24.5. The van der Waals surface area contributed by atoms with Gasteiger partial charge in [-0.2, -0.15) is 0 Å². The van der Waals surface area contributed by atoms with Crippen molar-refractivity contribution in [1.29, 1.82) is 0 Å². The number of aliphatic hydroxyl groups excluding tert-OH is 1. The molecule has 0 bridgehead atoms. The number of fused-ring (bicyclic) bond motifs is 7. The fraction of sp³-hybridized carbons (Fsp3) is 0.938. The molecule has 0 heterocycles. The summed E-state index contributed by atoms with van der Waals surface area (Å²) in [6, 6.07) is 0. The molecule has 0 saturated heterocycles. The number of aliphatic hydroxyl groups is 1.